The van der Waals surface area contributed by atoms with Gasteiger partial charge in [0.05, 0.1) is 15.7 Å². The second-order valence-corrected chi connectivity index (χ2v) is 9.07. The van der Waals surface area contributed by atoms with E-state index in [0.717, 1.165) is 12.3 Å². The van der Waals surface area contributed by atoms with E-state index in [1.54, 1.807) is 18.2 Å². The second-order valence-electron chi connectivity index (χ2n) is 6.27. The molecule has 2 aromatic heterocycles. The van der Waals surface area contributed by atoms with E-state index in [1.165, 1.54) is 18.5 Å². The van der Waals surface area contributed by atoms with Gasteiger partial charge in [-0.3, -0.25) is 0 Å². The molecular formula is C18H13Cl2FN6O2S. The number of halogens is 3. The number of benzene rings is 2. The standard InChI is InChI=1S/C18H13Cl2FN6O2S/c1-30(28,29)13-6-5-9(7-12(13)21)24-16-15-17(23-8-22-16)27-18(26-15)25-14-10(19)3-2-4-11(14)20/h2-8H,1H3,(H3,22,23,24,25,26,27). The predicted molar refractivity (Wildman–Crippen MR) is 114 cm³/mol. The SMILES string of the molecule is CS(=O)(=O)c1ccc(Nc2ncnc3nc(Nc4c(Cl)cccc4Cl)[nH]c23)cc1F. The number of hydrogen-bond donors (Lipinski definition) is 3. The lowest BCUT2D eigenvalue weighted by molar-refractivity contribution is 0.571. The average Bonchev–Trinajstić information content (AvgIpc) is 3.08. The lowest BCUT2D eigenvalue weighted by Crippen LogP contribution is -2.02. The summed E-state index contributed by atoms with van der Waals surface area (Å²) in [6, 6.07) is 8.77. The summed E-state index contributed by atoms with van der Waals surface area (Å²) in [5.41, 5.74) is 1.56. The monoisotopic (exact) mass is 466 g/mol. The summed E-state index contributed by atoms with van der Waals surface area (Å²) in [5.74, 6) is -0.229. The van der Waals surface area contributed by atoms with Gasteiger partial charge in [-0.25, -0.2) is 22.8 Å². The van der Waals surface area contributed by atoms with Gasteiger partial charge < -0.3 is 15.6 Å². The van der Waals surface area contributed by atoms with E-state index < -0.39 is 15.7 Å². The molecular weight excluding hydrogens is 454 g/mol. The Labute approximate surface area is 180 Å². The van der Waals surface area contributed by atoms with Crippen molar-refractivity contribution in [2.45, 2.75) is 4.90 Å². The van der Waals surface area contributed by atoms with Crippen LogP contribution in [0.4, 0.5) is 27.5 Å². The maximum Gasteiger partial charge on any atom is 0.207 e. The number of aromatic amines is 1. The molecule has 4 rings (SSSR count). The van der Waals surface area contributed by atoms with Crippen molar-refractivity contribution in [2.75, 3.05) is 16.9 Å². The van der Waals surface area contributed by atoms with Crippen molar-refractivity contribution in [3.8, 4) is 0 Å². The highest BCUT2D eigenvalue weighted by Gasteiger charge is 2.16. The molecule has 2 aromatic carbocycles. The van der Waals surface area contributed by atoms with E-state index in [2.05, 4.69) is 30.6 Å². The minimum atomic E-state index is -3.67. The molecule has 0 amide bonds. The molecule has 2 heterocycles. The van der Waals surface area contributed by atoms with Crippen LogP contribution in [0, 0.1) is 5.82 Å². The fraction of sp³-hybridized carbons (Fsp3) is 0.0556. The molecule has 3 N–H and O–H groups in total. The van der Waals surface area contributed by atoms with Crippen LogP contribution in [0.3, 0.4) is 0 Å². The second kappa shape index (κ2) is 7.71. The smallest absolute Gasteiger partial charge is 0.207 e. The normalized spacial score (nSPS) is 11.6. The number of anilines is 4. The number of fused-ring (bicyclic) bond motifs is 1. The van der Waals surface area contributed by atoms with Gasteiger partial charge in [-0.05, 0) is 30.3 Å². The van der Waals surface area contributed by atoms with Crippen molar-refractivity contribution in [3.05, 3.63) is 58.6 Å². The first-order chi connectivity index (χ1) is 14.2. The van der Waals surface area contributed by atoms with Crippen LogP contribution >= 0.6 is 23.2 Å². The van der Waals surface area contributed by atoms with E-state index in [9.17, 15) is 12.8 Å². The van der Waals surface area contributed by atoms with Crippen LogP contribution in [-0.4, -0.2) is 34.6 Å². The van der Waals surface area contributed by atoms with Gasteiger partial charge in [0.2, 0.25) is 5.95 Å². The van der Waals surface area contributed by atoms with Gasteiger partial charge in [0.25, 0.3) is 0 Å². The molecule has 12 heteroatoms. The van der Waals surface area contributed by atoms with Crippen LogP contribution in [0.25, 0.3) is 11.2 Å². The first-order valence-electron chi connectivity index (χ1n) is 8.41. The molecule has 30 heavy (non-hydrogen) atoms. The molecule has 0 unspecified atom stereocenters. The number of aromatic nitrogens is 4. The summed E-state index contributed by atoms with van der Waals surface area (Å²) in [5, 5.41) is 6.75. The minimum absolute atomic E-state index is 0.304. The Morgan fingerprint density at radius 3 is 2.47 bits per heavy atom. The van der Waals surface area contributed by atoms with Crippen LogP contribution in [-0.2, 0) is 9.84 Å². The van der Waals surface area contributed by atoms with E-state index >= 15 is 0 Å². The molecule has 4 aromatic rings. The predicted octanol–water partition coefficient (Wildman–Crippen LogP) is 4.69. The molecule has 154 valence electrons. The number of nitrogens with zero attached hydrogens (tertiary/aromatic N) is 3. The fourth-order valence-corrected chi connectivity index (χ4v) is 3.95. The van der Waals surface area contributed by atoms with Crippen LogP contribution in [0.15, 0.2) is 47.6 Å². The highest BCUT2D eigenvalue weighted by molar-refractivity contribution is 7.90. The molecule has 0 aliphatic carbocycles. The van der Waals surface area contributed by atoms with Crippen LogP contribution < -0.4 is 10.6 Å². The van der Waals surface area contributed by atoms with Gasteiger partial charge in [-0.1, -0.05) is 29.3 Å². The Kier molecular flexibility index (Phi) is 5.22. The Morgan fingerprint density at radius 1 is 1.07 bits per heavy atom. The third-order valence-corrected chi connectivity index (χ3v) is 5.85. The molecule has 0 atom stereocenters. The maximum atomic E-state index is 14.2. The van der Waals surface area contributed by atoms with E-state index in [1.807, 2.05) is 0 Å². The van der Waals surface area contributed by atoms with Crippen LogP contribution in [0.2, 0.25) is 10.0 Å². The number of H-pyrrole nitrogens is 1. The zero-order valence-corrected chi connectivity index (χ0v) is 17.6. The number of imidazole rings is 1. The summed E-state index contributed by atoms with van der Waals surface area (Å²) in [7, 11) is -3.67. The number of sulfone groups is 1. The summed E-state index contributed by atoms with van der Waals surface area (Å²) < 4.78 is 37.3. The topological polar surface area (TPSA) is 113 Å². The molecule has 0 saturated carbocycles. The Bertz CT molecular complexity index is 1360. The summed E-state index contributed by atoms with van der Waals surface area (Å²) in [6.45, 7) is 0. The molecule has 0 spiro atoms. The number of para-hydroxylation sites is 1. The zero-order valence-electron chi connectivity index (χ0n) is 15.2. The minimum Gasteiger partial charge on any atom is -0.338 e. The van der Waals surface area contributed by atoms with Gasteiger partial charge in [-0.15, -0.1) is 0 Å². The van der Waals surface area contributed by atoms with Crippen molar-refractivity contribution < 1.29 is 12.8 Å². The molecule has 0 aliphatic rings. The van der Waals surface area contributed by atoms with Gasteiger partial charge >= 0.3 is 0 Å². The van der Waals surface area contributed by atoms with E-state index in [-0.39, 0.29) is 4.90 Å². The highest BCUT2D eigenvalue weighted by Crippen LogP contribution is 2.33. The number of nitrogens with one attached hydrogen (secondary N) is 3. The van der Waals surface area contributed by atoms with Crippen molar-refractivity contribution >= 4 is 67.3 Å². The third-order valence-electron chi connectivity index (χ3n) is 4.09. The molecule has 0 radical (unpaired) electrons. The zero-order chi connectivity index (χ0) is 21.5. The Hall–Kier alpha value is -2.95. The van der Waals surface area contributed by atoms with Crippen molar-refractivity contribution in [2.24, 2.45) is 0 Å². The van der Waals surface area contributed by atoms with E-state index in [4.69, 9.17) is 23.2 Å². The molecule has 0 saturated heterocycles. The molecule has 0 fully saturated rings. The Morgan fingerprint density at radius 2 is 1.80 bits per heavy atom. The van der Waals surface area contributed by atoms with Gasteiger partial charge in [-0.2, -0.15) is 4.98 Å². The summed E-state index contributed by atoms with van der Waals surface area (Å²) in [6.07, 6.45) is 2.23. The third kappa shape index (κ3) is 4.02. The maximum absolute atomic E-state index is 14.2. The number of rotatable bonds is 5. The number of hydrogen-bond acceptors (Lipinski definition) is 7. The first kappa shape index (κ1) is 20.3. The van der Waals surface area contributed by atoms with Crippen molar-refractivity contribution in [1.29, 1.82) is 0 Å². The van der Waals surface area contributed by atoms with Gasteiger partial charge in [0, 0.05) is 11.9 Å². The fourth-order valence-electron chi connectivity index (χ4n) is 2.73. The van der Waals surface area contributed by atoms with Crippen LogP contribution in [0.5, 0.6) is 0 Å². The van der Waals surface area contributed by atoms with Crippen LogP contribution in [0.1, 0.15) is 0 Å². The largest absolute Gasteiger partial charge is 0.338 e. The van der Waals surface area contributed by atoms with Crippen molar-refractivity contribution in [1.82, 2.24) is 19.9 Å². The Balaban J connectivity index is 1.67. The first-order valence-corrected chi connectivity index (χ1v) is 11.1. The highest BCUT2D eigenvalue weighted by atomic mass is 35.5. The van der Waals surface area contributed by atoms with Gasteiger partial charge in [0.15, 0.2) is 21.3 Å². The lowest BCUT2D eigenvalue weighted by atomic mass is 10.3. The summed E-state index contributed by atoms with van der Waals surface area (Å²) in [4.78, 5) is 15.2. The molecule has 0 bridgehead atoms. The van der Waals surface area contributed by atoms with Crippen molar-refractivity contribution in [3.63, 3.8) is 0 Å². The van der Waals surface area contributed by atoms with E-state index in [0.29, 0.717) is 44.4 Å². The molecule has 0 aliphatic heterocycles. The quantitative estimate of drug-likeness (QED) is 0.390. The average molecular weight is 467 g/mol. The lowest BCUT2D eigenvalue weighted by Gasteiger charge is -2.08. The summed E-state index contributed by atoms with van der Waals surface area (Å²) >= 11 is 12.3. The molecule has 8 nitrogen and oxygen atoms in total. The van der Waals surface area contributed by atoms with Gasteiger partial charge in [0.1, 0.15) is 22.6 Å².